The number of hydrogen-bond donors (Lipinski definition) is 1. The second-order valence-electron chi connectivity index (χ2n) is 11.3. The van der Waals surface area contributed by atoms with Gasteiger partial charge in [-0.1, -0.05) is 63.4 Å². The number of piperidine rings is 1. The topological polar surface area (TPSA) is 79.1 Å². The molecular weight excluding hydrogens is 440 g/mol. The number of unbranched alkanes of at least 4 members (excludes halogenated alkanes) is 2. The van der Waals surface area contributed by atoms with E-state index < -0.39 is 11.9 Å². The summed E-state index contributed by atoms with van der Waals surface area (Å²) in [6.07, 6.45) is 8.79. The third-order valence-electron chi connectivity index (χ3n) is 9.03. The lowest BCUT2D eigenvalue weighted by Crippen LogP contribution is -2.72. The largest absolute Gasteiger partial charge is 0.371 e. The van der Waals surface area contributed by atoms with Crippen LogP contribution in [0.3, 0.4) is 0 Å². The van der Waals surface area contributed by atoms with Gasteiger partial charge >= 0.3 is 6.03 Å². The van der Waals surface area contributed by atoms with Crippen LogP contribution in [-0.4, -0.2) is 76.5 Å². The summed E-state index contributed by atoms with van der Waals surface area (Å²) >= 11 is 0. The molecule has 2 bridgehead atoms. The maximum absolute atomic E-state index is 13.5. The number of carbonyl (C=O) groups is 2. The van der Waals surface area contributed by atoms with Crippen molar-refractivity contribution in [1.82, 2.24) is 14.7 Å². The molecule has 3 saturated heterocycles. The van der Waals surface area contributed by atoms with Crippen molar-refractivity contribution in [3.63, 3.8) is 0 Å². The molecule has 4 aliphatic rings. The van der Waals surface area contributed by atoms with Gasteiger partial charge in [0.25, 0.3) is 0 Å². The van der Waals surface area contributed by atoms with Crippen LogP contribution in [0.2, 0.25) is 0 Å². The number of hydrogen-bond acceptors (Lipinski definition) is 4. The van der Waals surface area contributed by atoms with E-state index >= 15 is 0 Å². The van der Waals surface area contributed by atoms with Crippen LogP contribution in [-0.2, 0) is 16.1 Å². The molecule has 4 atom stereocenters. The van der Waals surface area contributed by atoms with Gasteiger partial charge in [0.2, 0.25) is 5.91 Å². The van der Waals surface area contributed by atoms with Crippen LogP contribution in [0, 0.1) is 5.41 Å². The lowest BCUT2D eigenvalue weighted by atomic mass is 9.54. The smallest absolute Gasteiger partial charge is 0.321 e. The Morgan fingerprint density at radius 3 is 2.54 bits per heavy atom. The Labute approximate surface area is 209 Å². The molecule has 192 valence electrons. The first-order valence-electron chi connectivity index (χ1n) is 13.7. The summed E-state index contributed by atoms with van der Waals surface area (Å²) in [6, 6.07) is 10.3. The van der Waals surface area contributed by atoms with Crippen molar-refractivity contribution in [2.24, 2.45) is 11.1 Å². The van der Waals surface area contributed by atoms with Gasteiger partial charge < -0.3 is 20.3 Å². The fraction of sp³-hybridized carbons (Fsp3) is 0.714. The molecule has 1 spiro atoms. The van der Waals surface area contributed by atoms with Crippen LogP contribution in [0.25, 0.3) is 0 Å². The molecule has 0 radical (unpaired) electrons. The van der Waals surface area contributed by atoms with Crippen molar-refractivity contribution < 1.29 is 14.3 Å². The van der Waals surface area contributed by atoms with Gasteiger partial charge in [0.1, 0.15) is 6.04 Å². The van der Waals surface area contributed by atoms with E-state index in [-0.39, 0.29) is 24.2 Å². The predicted octanol–water partition coefficient (Wildman–Crippen LogP) is 3.76. The highest BCUT2D eigenvalue weighted by atomic mass is 16.5. The van der Waals surface area contributed by atoms with Gasteiger partial charge in [0, 0.05) is 30.6 Å². The fourth-order valence-corrected chi connectivity index (χ4v) is 7.30. The van der Waals surface area contributed by atoms with Crippen molar-refractivity contribution in [3.05, 3.63) is 35.9 Å². The Kier molecular flexibility index (Phi) is 7.09. The maximum atomic E-state index is 13.5. The number of fused-ring (bicyclic) bond motifs is 2. The number of amides is 3. The van der Waals surface area contributed by atoms with Crippen LogP contribution in [0.5, 0.6) is 0 Å². The summed E-state index contributed by atoms with van der Waals surface area (Å²) in [5.74, 6) is -0.466. The molecule has 7 nitrogen and oxygen atoms in total. The number of carbonyl (C=O) groups excluding carboxylic acids is 2. The molecule has 5 rings (SSSR count). The van der Waals surface area contributed by atoms with Crippen molar-refractivity contribution in [1.29, 1.82) is 0 Å². The highest BCUT2D eigenvalue weighted by Gasteiger charge is 2.63. The van der Waals surface area contributed by atoms with Gasteiger partial charge in [0.05, 0.1) is 18.8 Å². The standard InChI is InChI=1S/C28H42N4O3/c1-3-5-12-24-28(19-30(24)13-6-4-2)15-22(16-28)32-21-14-23(35-18-20-10-8-7-9-11-20)25(26(29)33)31(17-21)27(32)34/h7-11,21-25H,3-6,12-19H2,1-2H3,(H2,29,33). The molecule has 4 unspecified atom stereocenters. The van der Waals surface area contributed by atoms with Crippen LogP contribution < -0.4 is 5.73 Å². The van der Waals surface area contributed by atoms with E-state index in [9.17, 15) is 9.59 Å². The minimum Gasteiger partial charge on any atom is -0.371 e. The molecule has 4 fully saturated rings. The molecule has 7 heteroatoms. The van der Waals surface area contributed by atoms with Crippen LogP contribution in [0.1, 0.15) is 70.8 Å². The second-order valence-corrected chi connectivity index (χ2v) is 11.3. The summed E-state index contributed by atoms with van der Waals surface area (Å²) in [6.45, 7) is 7.93. The minimum atomic E-state index is -0.688. The van der Waals surface area contributed by atoms with E-state index in [1.54, 1.807) is 4.90 Å². The maximum Gasteiger partial charge on any atom is 0.321 e. The Hall–Kier alpha value is -2.12. The molecule has 1 aromatic carbocycles. The lowest BCUT2D eigenvalue weighted by Gasteiger charge is -2.66. The van der Waals surface area contributed by atoms with Gasteiger partial charge in [-0.05, 0) is 44.2 Å². The number of rotatable bonds is 11. The lowest BCUT2D eigenvalue weighted by molar-refractivity contribution is -0.159. The van der Waals surface area contributed by atoms with Crippen LogP contribution in [0.4, 0.5) is 4.79 Å². The zero-order valence-corrected chi connectivity index (χ0v) is 21.4. The number of urea groups is 1. The third kappa shape index (κ3) is 4.46. The summed E-state index contributed by atoms with van der Waals surface area (Å²) in [5.41, 5.74) is 7.24. The summed E-state index contributed by atoms with van der Waals surface area (Å²) in [5, 5.41) is 0. The zero-order chi connectivity index (χ0) is 24.6. The Morgan fingerprint density at radius 1 is 1.11 bits per heavy atom. The SMILES string of the molecule is CCCCC1N(CCCC)CC12CC(N1C(=O)N3CC1CC(OCc1ccccc1)C3C(N)=O)C2. The molecule has 1 aromatic rings. The normalized spacial score (nSPS) is 34.2. The van der Waals surface area contributed by atoms with Gasteiger partial charge in [0.15, 0.2) is 0 Å². The molecule has 1 saturated carbocycles. The third-order valence-corrected chi connectivity index (χ3v) is 9.03. The highest BCUT2D eigenvalue weighted by molar-refractivity contribution is 5.88. The average molecular weight is 483 g/mol. The minimum absolute atomic E-state index is 0.0169. The molecule has 1 aliphatic carbocycles. The van der Waals surface area contributed by atoms with Gasteiger partial charge in [-0.15, -0.1) is 0 Å². The first kappa shape index (κ1) is 24.6. The zero-order valence-electron chi connectivity index (χ0n) is 21.4. The Balaban J connectivity index is 1.24. The van der Waals surface area contributed by atoms with Crippen molar-refractivity contribution >= 4 is 11.9 Å². The van der Waals surface area contributed by atoms with Crippen LogP contribution >= 0.6 is 0 Å². The van der Waals surface area contributed by atoms with Gasteiger partial charge in [-0.25, -0.2) is 4.79 Å². The van der Waals surface area contributed by atoms with E-state index in [4.69, 9.17) is 10.5 Å². The first-order chi connectivity index (χ1) is 17.0. The predicted molar refractivity (Wildman–Crippen MR) is 136 cm³/mol. The van der Waals surface area contributed by atoms with Crippen molar-refractivity contribution in [2.75, 3.05) is 19.6 Å². The summed E-state index contributed by atoms with van der Waals surface area (Å²) in [4.78, 5) is 32.4. The number of ether oxygens (including phenoxy) is 1. The number of nitrogens with zero attached hydrogens (tertiary/aromatic N) is 3. The molecular formula is C28H42N4O3. The van der Waals surface area contributed by atoms with Crippen LogP contribution in [0.15, 0.2) is 30.3 Å². The number of likely N-dealkylation sites (tertiary alicyclic amines) is 1. The van der Waals surface area contributed by atoms with Gasteiger partial charge in [-0.3, -0.25) is 9.69 Å². The van der Waals surface area contributed by atoms with E-state index in [1.165, 1.54) is 45.2 Å². The first-order valence-corrected chi connectivity index (χ1v) is 13.7. The molecule has 3 heterocycles. The van der Waals surface area contributed by atoms with E-state index in [0.29, 0.717) is 31.0 Å². The monoisotopic (exact) mass is 482 g/mol. The Morgan fingerprint density at radius 2 is 1.86 bits per heavy atom. The molecule has 35 heavy (non-hydrogen) atoms. The molecule has 0 aromatic heterocycles. The van der Waals surface area contributed by atoms with E-state index in [1.807, 2.05) is 30.3 Å². The number of benzene rings is 1. The van der Waals surface area contributed by atoms with Crippen molar-refractivity contribution in [3.8, 4) is 0 Å². The second kappa shape index (κ2) is 10.1. The average Bonchev–Trinajstić information content (AvgIpc) is 3.06. The Bertz CT molecular complexity index is 903. The molecule has 3 aliphatic heterocycles. The number of nitrogens with two attached hydrogens (primary N) is 1. The fourth-order valence-electron chi connectivity index (χ4n) is 7.30. The molecule has 2 N–H and O–H groups in total. The highest BCUT2D eigenvalue weighted by Crippen LogP contribution is 2.57. The van der Waals surface area contributed by atoms with Crippen molar-refractivity contribution in [2.45, 2.75) is 102 Å². The van der Waals surface area contributed by atoms with E-state index in [2.05, 4.69) is 23.6 Å². The summed E-state index contributed by atoms with van der Waals surface area (Å²) < 4.78 is 6.21. The number of primary amides is 1. The quantitative estimate of drug-likeness (QED) is 0.521. The van der Waals surface area contributed by atoms with Gasteiger partial charge in [-0.2, -0.15) is 0 Å². The van der Waals surface area contributed by atoms with E-state index in [0.717, 1.165) is 18.4 Å². The molecule has 3 amide bonds. The summed E-state index contributed by atoms with van der Waals surface area (Å²) in [7, 11) is 0.